The molecule has 29 heavy (non-hydrogen) atoms. The number of pyridine rings is 2. The Morgan fingerprint density at radius 1 is 1.17 bits per heavy atom. The van der Waals surface area contributed by atoms with Gasteiger partial charge in [-0.1, -0.05) is 6.07 Å². The van der Waals surface area contributed by atoms with E-state index in [-0.39, 0.29) is 5.03 Å². The normalized spacial score (nSPS) is 15.7. The maximum Gasteiger partial charge on any atom is 0.407 e. The molecule has 3 aromatic heterocycles. The number of carboxylic acid groups (broad SMARTS) is 1. The summed E-state index contributed by atoms with van der Waals surface area (Å²) in [4.78, 5) is 21.1. The van der Waals surface area contributed by atoms with Crippen molar-refractivity contribution in [3.8, 4) is 0 Å². The number of amides is 1. The lowest BCUT2D eigenvalue weighted by molar-refractivity contribution is 0.132. The minimum atomic E-state index is -3.34. The van der Waals surface area contributed by atoms with Crippen LogP contribution in [0, 0.1) is 0 Å². The van der Waals surface area contributed by atoms with Gasteiger partial charge in [0.2, 0.25) is 0 Å². The van der Waals surface area contributed by atoms with Gasteiger partial charge in [-0.05, 0) is 42.5 Å². The minimum absolute atomic E-state index is 0.0687. The first-order valence-electron chi connectivity index (χ1n) is 9.39. The van der Waals surface area contributed by atoms with Crippen LogP contribution in [-0.4, -0.2) is 58.4 Å². The fourth-order valence-electron chi connectivity index (χ4n) is 3.76. The van der Waals surface area contributed by atoms with Gasteiger partial charge in [-0.3, -0.25) is 4.98 Å². The van der Waals surface area contributed by atoms with Crippen molar-refractivity contribution >= 4 is 26.8 Å². The van der Waals surface area contributed by atoms with Crippen molar-refractivity contribution in [1.29, 1.82) is 0 Å². The van der Waals surface area contributed by atoms with Gasteiger partial charge in [-0.25, -0.2) is 18.2 Å². The van der Waals surface area contributed by atoms with Crippen molar-refractivity contribution in [3.63, 3.8) is 0 Å². The van der Waals surface area contributed by atoms with E-state index in [1.54, 1.807) is 12.3 Å². The second-order valence-corrected chi connectivity index (χ2v) is 9.39. The van der Waals surface area contributed by atoms with E-state index in [1.807, 2.05) is 29.1 Å². The lowest BCUT2D eigenvalue weighted by Crippen LogP contribution is -2.36. The SMILES string of the molecule is CS(=O)(=O)c1cc2ccn(Cc3ccc(C4CCN(C(=O)O)CC4)cn3)c2cn1. The van der Waals surface area contributed by atoms with Crippen molar-refractivity contribution < 1.29 is 18.3 Å². The summed E-state index contributed by atoms with van der Waals surface area (Å²) < 4.78 is 25.3. The predicted octanol–water partition coefficient (Wildman–Crippen LogP) is 2.74. The number of rotatable bonds is 4. The molecule has 0 aromatic carbocycles. The third-order valence-corrected chi connectivity index (χ3v) is 6.41. The standard InChI is InChI=1S/C20H22N4O4S/c1-29(27,28)19-10-15-6-9-24(18(15)12-22-19)13-17-3-2-16(11-21-17)14-4-7-23(8-5-14)20(25)26/h2-3,6,9-12,14H,4-5,7-8,13H2,1H3,(H,25,26). The summed E-state index contributed by atoms with van der Waals surface area (Å²) in [6.45, 7) is 1.67. The van der Waals surface area contributed by atoms with Crippen LogP contribution < -0.4 is 0 Å². The van der Waals surface area contributed by atoms with Gasteiger partial charge in [0.1, 0.15) is 0 Å². The molecule has 0 saturated carbocycles. The van der Waals surface area contributed by atoms with Gasteiger partial charge >= 0.3 is 6.09 Å². The van der Waals surface area contributed by atoms with E-state index in [0.717, 1.165) is 41.3 Å². The number of fused-ring (bicyclic) bond motifs is 1. The number of hydrogen-bond donors (Lipinski definition) is 1. The van der Waals surface area contributed by atoms with Crippen LogP contribution in [-0.2, 0) is 16.4 Å². The topological polar surface area (TPSA) is 105 Å². The van der Waals surface area contributed by atoms with Crippen LogP contribution in [0.4, 0.5) is 4.79 Å². The molecule has 1 aliphatic rings. The molecule has 1 N–H and O–H groups in total. The van der Waals surface area contributed by atoms with Gasteiger partial charge in [0.25, 0.3) is 0 Å². The van der Waals surface area contributed by atoms with Gasteiger partial charge in [-0.2, -0.15) is 0 Å². The van der Waals surface area contributed by atoms with Crippen LogP contribution in [0.1, 0.15) is 30.0 Å². The highest BCUT2D eigenvalue weighted by atomic mass is 32.2. The molecule has 4 rings (SSSR count). The number of aromatic nitrogens is 3. The zero-order chi connectivity index (χ0) is 20.6. The summed E-state index contributed by atoms with van der Waals surface area (Å²) in [6, 6.07) is 7.51. The molecule has 3 aromatic rings. The molecular weight excluding hydrogens is 392 g/mol. The van der Waals surface area contributed by atoms with Crippen molar-refractivity contribution in [1.82, 2.24) is 19.4 Å². The Hall–Kier alpha value is -2.94. The molecule has 0 radical (unpaired) electrons. The molecule has 9 heteroatoms. The van der Waals surface area contributed by atoms with Crippen LogP contribution in [0.15, 0.2) is 47.9 Å². The maximum absolute atomic E-state index is 11.7. The van der Waals surface area contributed by atoms with Crippen LogP contribution in [0.5, 0.6) is 0 Å². The van der Waals surface area contributed by atoms with E-state index in [4.69, 9.17) is 5.11 Å². The average molecular weight is 414 g/mol. The number of carbonyl (C=O) groups is 1. The van der Waals surface area contributed by atoms with Gasteiger partial charge in [0.05, 0.1) is 24.0 Å². The Balaban J connectivity index is 1.47. The number of sulfone groups is 1. The monoisotopic (exact) mass is 414 g/mol. The van der Waals surface area contributed by atoms with E-state index < -0.39 is 15.9 Å². The average Bonchev–Trinajstić information content (AvgIpc) is 3.10. The van der Waals surface area contributed by atoms with Gasteiger partial charge < -0.3 is 14.6 Å². The molecule has 4 heterocycles. The van der Waals surface area contributed by atoms with E-state index >= 15 is 0 Å². The first kappa shape index (κ1) is 19.4. The Kier molecular flexibility index (Phi) is 4.99. The first-order valence-corrected chi connectivity index (χ1v) is 11.3. The highest BCUT2D eigenvalue weighted by Gasteiger charge is 2.23. The van der Waals surface area contributed by atoms with Crippen LogP contribution in [0.3, 0.4) is 0 Å². The van der Waals surface area contributed by atoms with Crippen molar-refractivity contribution in [2.24, 2.45) is 0 Å². The molecule has 0 unspecified atom stereocenters. The van der Waals surface area contributed by atoms with Gasteiger partial charge in [0, 0.05) is 37.1 Å². The second-order valence-electron chi connectivity index (χ2n) is 7.42. The zero-order valence-corrected chi connectivity index (χ0v) is 16.8. The van der Waals surface area contributed by atoms with Crippen LogP contribution in [0.25, 0.3) is 10.9 Å². The number of hydrogen-bond acceptors (Lipinski definition) is 5. The molecule has 1 aliphatic heterocycles. The van der Waals surface area contributed by atoms with Crippen LogP contribution in [0.2, 0.25) is 0 Å². The van der Waals surface area contributed by atoms with Crippen LogP contribution >= 0.6 is 0 Å². The maximum atomic E-state index is 11.7. The Labute approximate surface area is 168 Å². The lowest BCUT2D eigenvalue weighted by atomic mass is 9.90. The quantitative estimate of drug-likeness (QED) is 0.704. The second kappa shape index (κ2) is 7.47. The first-order chi connectivity index (χ1) is 13.8. The van der Waals surface area contributed by atoms with Crippen molar-refractivity contribution in [2.45, 2.75) is 30.3 Å². The van der Waals surface area contributed by atoms with Gasteiger partial charge in [-0.15, -0.1) is 0 Å². The van der Waals surface area contributed by atoms with Crippen molar-refractivity contribution in [3.05, 3.63) is 54.1 Å². The largest absolute Gasteiger partial charge is 0.465 e. The number of piperidine rings is 1. The van der Waals surface area contributed by atoms with E-state index in [1.165, 1.54) is 4.90 Å². The summed E-state index contributed by atoms with van der Waals surface area (Å²) >= 11 is 0. The summed E-state index contributed by atoms with van der Waals surface area (Å²) in [5.41, 5.74) is 2.88. The third-order valence-electron chi connectivity index (χ3n) is 5.43. The Morgan fingerprint density at radius 2 is 1.93 bits per heavy atom. The van der Waals surface area contributed by atoms with E-state index in [9.17, 15) is 13.2 Å². The molecule has 0 bridgehead atoms. The van der Waals surface area contributed by atoms with Crippen molar-refractivity contribution in [2.75, 3.05) is 19.3 Å². The zero-order valence-electron chi connectivity index (χ0n) is 16.0. The highest BCUT2D eigenvalue weighted by Crippen LogP contribution is 2.28. The molecule has 0 atom stereocenters. The molecule has 1 fully saturated rings. The van der Waals surface area contributed by atoms with E-state index in [2.05, 4.69) is 16.0 Å². The fraction of sp³-hybridized carbons (Fsp3) is 0.350. The molecule has 152 valence electrons. The summed E-state index contributed by atoms with van der Waals surface area (Å²) in [5, 5.41) is 9.95. The fourth-order valence-corrected chi connectivity index (χ4v) is 4.34. The molecular formula is C20H22N4O4S. The predicted molar refractivity (Wildman–Crippen MR) is 108 cm³/mol. The summed E-state index contributed by atoms with van der Waals surface area (Å²) in [7, 11) is -3.34. The number of likely N-dealkylation sites (tertiary alicyclic amines) is 1. The summed E-state index contributed by atoms with van der Waals surface area (Å²) in [6.07, 6.45) is 7.27. The molecule has 8 nitrogen and oxygen atoms in total. The Morgan fingerprint density at radius 3 is 2.55 bits per heavy atom. The summed E-state index contributed by atoms with van der Waals surface area (Å²) in [5.74, 6) is 0.332. The Bertz CT molecular complexity index is 1150. The lowest BCUT2D eigenvalue weighted by Gasteiger charge is -2.30. The molecule has 0 spiro atoms. The highest BCUT2D eigenvalue weighted by molar-refractivity contribution is 7.90. The molecule has 1 saturated heterocycles. The number of nitrogens with zero attached hydrogens (tertiary/aromatic N) is 4. The smallest absolute Gasteiger partial charge is 0.407 e. The third kappa shape index (κ3) is 4.09. The molecule has 1 amide bonds. The van der Waals surface area contributed by atoms with E-state index in [0.29, 0.717) is 25.6 Å². The molecule has 0 aliphatic carbocycles. The van der Waals surface area contributed by atoms with Gasteiger partial charge in [0.15, 0.2) is 14.9 Å². The minimum Gasteiger partial charge on any atom is -0.465 e.